The molecule has 0 bridgehead atoms. The summed E-state index contributed by atoms with van der Waals surface area (Å²) >= 11 is 5.80. The number of hydrogen-bond acceptors (Lipinski definition) is 4. The topological polar surface area (TPSA) is 64.6 Å². The van der Waals surface area contributed by atoms with Crippen LogP contribution in [0.3, 0.4) is 0 Å². The van der Waals surface area contributed by atoms with E-state index in [2.05, 4.69) is 4.72 Å². The van der Waals surface area contributed by atoms with Gasteiger partial charge in [-0.2, -0.15) is 0 Å². The van der Waals surface area contributed by atoms with E-state index in [-0.39, 0.29) is 12.6 Å². The van der Waals surface area contributed by atoms with Crippen molar-refractivity contribution in [3.05, 3.63) is 23.2 Å². The molecule has 7 heteroatoms. The van der Waals surface area contributed by atoms with Gasteiger partial charge in [0.1, 0.15) is 12.7 Å². The van der Waals surface area contributed by atoms with E-state index in [9.17, 15) is 8.42 Å². The van der Waals surface area contributed by atoms with Gasteiger partial charge in [0.2, 0.25) is 10.9 Å². The summed E-state index contributed by atoms with van der Waals surface area (Å²) < 4.78 is 33.9. The third-order valence-electron chi connectivity index (χ3n) is 2.07. The Labute approximate surface area is 99.4 Å². The molecular formula is C9H10ClNO4S. The van der Waals surface area contributed by atoms with Gasteiger partial charge in [-0.3, -0.25) is 0 Å². The lowest BCUT2D eigenvalue weighted by molar-refractivity contribution is 0.0945. The minimum atomic E-state index is -2.61. The van der Waals surface area contributed by atoms with Gasteiger partial charge in [-0.15, -0.1) is 0 Å². The first-order chi connectivity index (χ1) is 7.65. The first-order valence-corrected chi connectivity index (χ1v) is 6.17. The maximum Gasteiger partial charge on any atom is 0.201 e. The summed E-state index contributed by atoms with van der Waals surface area (Å²) in [6.45, 7) is 0.495. The highest BCUT2D eigenvalue weighted by atomic mass is 35.5. The van der Waals surface area contributed by atoms with E-state index in [0.29, 0.717) is 23.1 Å². The van der Waals surface area contributed by atoms with Crippen molar-refractivity contribution in [3.63, 3.8) is 0 Å². The summed E-state index contributed by atoms with van der Waals surface area (Å²) in [6.07, 6.45) is -0.334. The van der Waals surface area contributed by atoms with Crippen LogP contribution < -0.4 is 14.2 Å². The van der Waals surface area contributed by atoms with Gasteiger partial charge in [-0.1, -0.05) is 11.6 Å². The molecule has 88 valence electrons. The Kier molecular flexibility index (Phi) is 3.52. The van der Waals surface area contributed by atoms with Gasteiger partial charge in [0.15, 0.2) is 11.5 Å². The Bertz CT molecular complexity index is 455. The Hall–Kier alpha value is -0.980. The predicted octanol–water partition coefficient (Wildman–Crippen LogP) is 0.596. The predicted molar refractivity (Wildman–Crippen MR) is 59.7 cm³/mol. The molecule has 1 aliphatic heterocycles. The smallest absolute Gasteiger partial charge is 0.201 e. The summed E-state index contributed by atoms with van der Waals surface area (Å²) in [5.74, 6) is 1.15. The van der Waals surface area contributed by atoms with Gasteiger partial charge < -0.3 is 9.47 Å². The second-order valence-corrected chi connectivity index (χ2v) is 4.53. The van der Waals surface area contributed by atoms with Gasteiger partial charge >= 0.3 is 0 Å². The standard InChI is InChI=1S/C9H10ClNO4S/c10-6-1-2-8-9(3-6)15-7(5-14-8)4-11-16(12)13/h1-3,7,16H,4-5H2,(H,11,12,13)/t7-/m0/s1. The van der Waals surface area contributed by atoms with Crippen LogP contribution in [-0.4, -0.2) is 27.7 Å². The zero-order valence-electron chi connectivity index (χ0n) is 8.18. The fraction of sp³-hybridized carbons (Fsp3) is 0.333. The van der Waals surface area contributed by atoms with Crippen LogP contribution in [0.15, 0.2) is 18.2 Å². The van der Waals surface area contributed by atoms with Crippen LogP contribution in [-0.2, 0) is 10.9 Å². The van der Waals surface area contributed by atoms with Crippen LogP contribution in [0.25, 0.3) is 0 Å². The van der Waals surface area contributed by atoms with Crippen LogP contribution in [0, 0.1) is 0 Å². The third kappa shape index (κ3) is 2.78. The number of rotatable bonds is 3. The van der Waals surface area contributed by atoms with Crippen molar-refractivity contribution >= 4 is 22.5 Å². The highest BCUT2D eigenvalue weighted by Gasteiger charge is 2.20. The SMILES string of the molecule is O=[SH](=O)NC[C@H]1COc2ccc(Cl)cc2O1. The first-order valence-electron chi connectivity index (χ1n) is 4.62. The van der Waals surface area contributed by atoms with Crippen molar-refractivity contribution in [1.29, 1.82) is 0 Å². The minimum Gasteiger partial charge on any atom is -0.486 e. The fourth-order valence-electron chi connectivity index (χ4n) is 1.37. The van der Waals surface area contributed by atoms with E-state index < -0.39 is 10.9 Å². The van der Waals surface area contributed by atoms with Crippen LogP contribution in [0.5, 0.6) is 11.5 Å². The fourth-order valence-corrected chi connectivity index (χ4v) is 1.88. The van der Waals surface area contributed by atoms with E-state index in [4.69, 9.17) is 21.1 Å². The molecule has 0 radical (unpaired) electrons. The molecule has 0 amide bonds. The number of benzene rings is 1. The van der Waals surface area contributed by atoms with Crippen molar-refractivity contribution in [3.8, 4) is 11.5 Å². The number of ether oxygens (including phenoxy) is 2. The number of halogens is 1. The van der Waals surface area contributed by atoms with E-state index in [1.165, 1.54) is 0 Å². The Morgan fingerprint density at radius 1 is 1.44 bits per heavy atom. The highest BCUT2D eigenvalue weighted by Crippen LogP contribution is 2.33. The Morgan fingerprint density at radius 2 is 2.25 bits per heavy atom. The molecule has 16 heavy (non-hydrogen) atoms. The average molecular weight is 264 g/mol. The molecular weight excluding hydrogens is 254 g/mol. The lowest BCUT2D eigenvalue weighted by Crippen LogP contribution is -2.37. The largest absolute Gasteiger partial charge is 0.486 e. The third-order valence-corrected chi connectivity index (χ3v) is 2.75. The maximum absolute atomic E-state index is 10.4. The molecule has 0 saturated carbocycles. The molecule has 5 nitrogen and oxygen atoms in total. The second-order valence-electron chi connectivity index (χ2n) is 3.26. The molecule has 1 atom stereocenters. The molecule has 0 saturated heterocycles. The van der Waals surface area contributed by atoms with Gasteiger partial charge in [-0.05, 0) is 12.1 Å². The molecule has 1 aliphatic rings. The Morgan fingerprint density at radius 3 is 3.00 bits per heavy atom. The number of hydrogen-bond donors (Lipinski definition) is 2. The zero-order valence-corrected chi connectivity index (χ0v) is 9.83. The molecule has 1 aromatic rings. The number of nitrogens with one attached hydrogen (secondary N) is 1. The van der Waals surface area contributed by atoms with Crippen molar-refractivity contribution in [2.75, 3.05) is 13.2 Å². The zero-order chi connectivity index (χ0) is 11.5. The number of thiol groups is 1. The van der Waals surface area contributed by atoms with Gasteiger partial charge in [0.05, 0.1) is 6.54 Å². The molecule has 0 aromatic heterocycles. The van der Waals surface area contributed by atoms with Gasteiger partial charge in [0, 0.05) is 11.1 Å². The van der Waals surface area contributed by atoms with Crippen molar-refractivity contribution in [1.82, 2.24) is 4.72 Å². The van der Waals surface area contributed by atoms with Crippen LogP contribution >= 0.6 is 11.6 Å². The maximum atomic E-state index is 10.4. The minimum absolute atomic E-state index is 0.185. The van der Waals surface area contributed by atoms with E-state index in [1.54, 1.807) is 18.2 Å². The molecule has 1 aromatic carbocycles. The first kappa shape index (κ1) is 11.5. The molecule has 0 spiro atoms. The van der Waals surface area contributed by atoms with Crippen molar-refractivity contribution in [2.45, 2.75) is 6.10 Å². The molecule has 0 unspecified atom stereocenters. The van der Waals surface area contributed by atoms with E-state index in [1.807, 2.05) is 0 Å². The van der Waals surface area contributed by atoms with Gasteiger partial charge in [-0.25, -0.2) is 13.1 Å². The molecule has 0 aliphatic carbocycles. The van der Waals surface area contributed by atoms with E-state index in [0.717, 1.165) is 0 Å². The van der Waals surface area contributed by atoms with Crippen molar-refractivity contribution < 1.29 is 17.9 Å². The average Bonchev–Trinajstić information content (AvgIpc) is 2.25. The van der Waals surface area contributed by atoms with Gasteiger partial charge in [0.25, 0.3) is 0 Å². The normalized spacial score (nSPS) is 18.8. The molecule has 1 heterocycles. The summed E-state index contributed by atoms with van der Waals surface area (Å²) in [6, 6.07) is 5.06. The summed E-state index contributed by atoms with van der Waals surface area (Å²) in [4.78, 5) is 0. The summed E-state index contributed by atoms with van der Waals surface area (Å²) in [7, 11) is -2.61. The molecule has 0 fully saturated rings. The van der Waals surface area contributed by atoms with E-state index >= 15 is 0 Å². The summed E-state index contributed by atoms with van der Waals surface area (Å²) in [5.41, 5.74) is 0. The monoisotopic (exact) mass is 263 g/mol. The Balaban J connectivity index is 2.05. The molecule has 1 N–H and O–H groups in total. The number of fused-ring (bicyclic) bond motifs is 1. The quantitative estimate of drug-likeness (QED) is 0.784. The van der Waals surface area contributed by atoms with Crippen molar-refractivity contribution in [2.24, 2.45) is 0 Å². The van der Waals surface area contributed by atoms with Crippen LogP contribution in [0.4, 0.5) is 0 Å². The summed E-state index contributed by atoms with van der Waals surface area (Å²) in [5, 5.41) is 0.547. The lowest BCUT2D eigenvalue weighted by Gasteiger charge is -2.26. The second kappa shape index (κ2) is 4.90. The lowest BCUT2D eigenvalue weighted by atomic mass is 10.2. The highest BCUT2D eigenvalue weighted by molar-refractivity contribution is 7.70. The van der Waals surface area contributed by atoms with Crippen LogP contribution in [0.1, 0.15) is 0 Å². The molecule has 2 rings (SSSR count). The van der Waals surface area contributed by atoms with Crippen LogP contribution in [0.2, 0.25) is 5.02 Å².